The molecule has 0 aromatic heterocycles. The summed E-state index contributed by atoms with van der Waals surface area (Å²) in [5, 5.41) is 1.45. The molecule has 1 aliphatic rings. The summed E-state index contributed by atoms with van der Waals surface area (Å²) in [6.45, 7) is 2.75. The van der Waals surface area contributed by atoms with E-state index in [1.165, 1.54) is 0 Å². The minimum Gasteiger partial charge on any atom is -0.313 e. The molecule has 0 radical (unpaired) electrons. The van der Waals surface area contributed by atoms with Gasteiger partial charge in [0.25, 0.3) is 0 Å². The predicted molar refractivity (Wildman–Crippen MR) is 146 cm³/mol. The summed E-state index contributed by atoms with van der Waals surface area (Å²) in [4.78, 5) is 16.4. The Kier molecular flexibility index (Phi) is 6.70. The highest BCUT2D eigenvalue weighted by atomic mass is 31.2. The molecular weight excluding hydrogens is 449 g/mol. The molecule has 0 aliphatic carbocycles. The Bertz CT molecular complexity index is 1290. The van der Waals surface area contributed by atoms with Gasteiger partial charge >= 0.3 is 0 Å². The lowest BCUT2D eigenvalue weighted by Crippen LogP contribution is -2.49. The van der Waals surface area contributed by atoms with E-state index in [1.54, 1.807) is 0 Å². The van der Waals surface area contributed by atoms with Gasteiger partial charge in [-0.1, -0.05) is 123 Å². The zero-order valence-corrected chi connectivity index (χ0v) is 20.9. The summed E-state index contributed by atoms with van der Waals surface area (Å²) in [5.41, 5.74) is 2.28. The quantitative estimate of drug-likeness (QED) is 0.290. The number of carbonyl (C=O) groups is 1. The molecule has 1 aliphatic heterocycles. The first kappa shape index (κ1) is 23.3. The van der Waals surface area contributed by atoms with Crippen LogP contribution in [0.5, 0.6) is 0 Å². The predicted octanol–water partition coefficient (Wildman–Crippen LogP) is 6.35. The number of fused-ring (bicyclic) bond motifs is 1. The van der Waals surface area contributed by atoms with Gasteiger partial charge in [-0.3, -0.25) is 4.79 Å². The highest BCUT2D eigenvalue weighted by Crippen LogP contribution is 2.58. The van der Waals surface area contributed by atoms with Crippen LogP contribution in [0.1, 0.15) is 36.8 Å². The number of carbonyl (C=O) groups excluding carboxylic acids is 1. The molecule has 0 fully saturated rings. The average molecular weight is 480 g/mol. The number of hydrogen-bond acceptors (Lipinski definition) is 2. The highest BCUT2D eigenvalue weighted by molar-refractivity contribution is 7.80. The fourth-order valence-electron chi connectivity index (χ4n) is 5.29. The largest absolute Gasteiger partial charge is 0.313 e. The third kappa shape index (κ3) is 4.15. The van der Waals surface area contributed by atoms with E-state index in [-0.39, 0.29) is 11.8 Å². The Balaban J connectivity index is 1.82. The van der Waals surface area contributed by atoms with Crippen LogP contribution < -0.4 is 15.5 Å². The molecule has 0 N–H and O–H groups in total. The monoisotopic (exact) mass is 479 g/mol. The van der Waals surface area contributed by atoms with Gasteiger partial charge in [0.1, 0.15) is 5.66 Å². The molecule has 1 heterocycles. The van der Waals surface area contributed by atoms with Gasteiger partial charge in [-0.2, -0.15) is 0 Å². The Morgan fingerprint density at radius 1 is 0.714 bits per heavy atom. The van der Waals surface area contributed by atoms with Crippen molar-refractivity contribution in [2.24, 2.45) is 0 Å². The number of anilines is 1. The SMILES string of the molecule is CCCCN1C(=O)[C@@H](P(=O)(c2ccccc2)c2ccccc2)[C@H](c2ccccc2)c2ccccc21. The lowest BCUT2D eigenvalue weighted by atomic mass is 9.83. The van der Waals surface area contributed by atoms with Crippen LogP contribution in [0, 0.1) is 0 Å². The molecule has 0 bridgehead atoms. The molecule has 4 aromatic carbocycles. The summed E-state index contributed by atoms with van der Waals surface area (Å²) in [7, 11) is -3.39. The molecule has 3 nitrogen and oxygen atoms in total. The van der Waals surface area contributed by atoms with Crippen LogP contribution in [0.3, 0.4) is 0 Å². The first-order chi connectivity index (χ1) is 17.2. The molecule has 4 aromatic rings. The van der Waals surface area contributed by atoms with E-state index < -0.39 is 12.8 Å². The number of benzene rings is 4. The first-order valence-electron chi connectivity index (χ1n) is 12.3. The zero-order chi connectivity index (χ0) is 24.3. The number of para-hydroxylation sites is 1. The van der Waals surface area contributed by atoms with Crippen LogP contribution in [0.25, 0.3) is 0 Å². The minimum absolute atomic E-state index is 0.0537. The molecule has 4 heteroatoms. The number of rotatable bonds is 7. The molecule has 0 saturated heterocycles. The van der Waals surface area contributed by atoms with E-state index in [0.29, 0.717) is 6.54 Å². The molecular formula is C31H30NO2P. The Labute approximate surface area is 207 Å². The Morgan fingerprint density at radius 2 is 1.23 bits per heavy atom. The van der Waals surface area contributed by atoms with Crippen molar-refractivity contribution in [3.05, 3.63) is 126 Å². The van der Waals surface area contributed by atoms with Crippen molar-refractivity contribution in [3.8, 4) is 0 Å². The van der Waals surface area contributed by atoms with Gasteiger partial charge in [-0.05, 0) is 23.6 Å². The van der Waals surface area contributed by atoms with Crippen molar-refractivity contribution in [1.29, 1.82) is 0 Å². The lowest BCUT2D eigenvalue weighted by Gasteiger charge is -2.43. The Morgan fingerprint density at radius 3 is 1.80 bits per heavy atom. The normalized spacial score (nSPS) is 17.7. The van der Waals surface area contributed by atoms with E-state index in [1.807, 2.05) is 102 Å². The standard InChI is InChI=1S/C31H30NO2P/c1-2-3-23-32-28-22-14-13-21-27(28)29(24-15-7-4-8-16-24)30(31(32)33)35(34,25-17-9-5-10-18-25)26-19-11-6-12-20-26/h4-22,29-30H,2-3,23H2,1H3/t29-,30+/m1/s1. The number of hydrogen-bond donors (Lipinski definition) is 0. The lowest BCUT2D eigenvalue weighted by molar-refractivity contribution is -0.118. The van der Waals surface area contributed by atoms with E-state index in [9.17, 15) is 4.79 Å². The fourth-order valence-corrected chi connectivity index (χ4v) is 8.66. The van der Waals surface area contributed by atoms with Crippen LogP contribution in [0.2, 0.25) is 0 Å². The summed E-state index contributed by atoms with van der Waals surface area (Å²) < 4.78 is 15.5. The number of nitrogens with zero attached hydrogens (tertiary/aromatic N) is 1. The first-order valence-corrected chi connectivity index (χ1v) is 14.1. The molecule has 0 saturated carbocycles. The van der Waals surface area contributed by atoms with Crippen molar-refractivity contribution in [1.82, 2.24) is 0 Å². The van der Waals surface area contributed by atoms with Gasteiger partial charge in [0, 0.05) is 28.8 Å². The molecule has 35 heavy (non-hydrogen) atoms. The van der Waals surface area contributed by atoms with Crippen molar-refractivity contribution >= 4 is 29.3 Å². The summed E-state index contributed by atoms with van der Waals surface area (Å²) >= 11 is 0. The van der Waals surface area contributed by atoms with Gasteiger partial charge in [-0.15, -0.1) is 0 Å². The topological polar surface area (TPSA) is 37.4 Å². The molecule has 2 atom stereocenters. The van der Waals surface area contributed by atoms with E-state index in [2.05, 4.69) is 25.1 Å². The van der Waals surface area contributed by atoms with Gasteiger partial charge in [0.15, 0.2) is 7.14 Å². The van der Waals surface area contributed by atoms with E-state index >= 15 is 4.57 Å². The summed E-state index contributed by atoms with van der Waals surface area (Å²) in [5.74, 6) is -0.369. The number of unbranched alkanes of at least 4 members (excludes halogenated alkanes) is 1. The third-order valence-corrected chi connectivity index (χ3v) is 10.4. The molecule has 0 unspecified atom stereocenters. The second kappa shape index (κ2) is 10.1. The number of amides is 1. The molecule has 5 rings (SSSR count). The summed E-state index contributed by atoms with van der Waals surface area (Å²) in [6, 6.07) is 37.4. The van der Waals surface area contributed by atoms with E-state index in [4.69, 9.17) is 0 Å². The maximum Gasteiger partial charge on any atom is 0.239 e. The van der Waals surface area contributed by atoms with Crippen LogP contribution in [-0.4, -0.2) is 18.1 Å². The third-order valence-electron chi connectivity index (χ3n) is 6.96. The maximum absolute atomic E-state index is 15.5. The van der Waals surface area contributed by atoms with E-state index in [0.717, 1.165) is 40.3 Å². The fraction of sp³-hybridized carbons (Fsp3) is 0.194. The smallest absolute Gasteiger partial charge is 0.239 e. The van der Waals surface area contributed by atoms with Crippen LogP contribution in [0.4, 0.5) is 5.69 Å². The highest BCUT2D eigenvalue weighted by Gasteiger charge is 2.51. The van der Waals surface area contributed by atoms with Gasteiger partial charge in [-0.25, -0.2) is 0 Å². The van der Waals surface area contributed by atoms with Crippen molar-refractivity contribution in [2.75, 3.05) is 11.4 Å². The second-order valence-corrected chi connectivity index (χ2v) is 12.0. The molecule has 176 valence electrons. The second-order valence-electron chi connectivity index (χ2n) is 9.06. The van der Waals surface area contributed by atoms with Gasteiger partial charge in [0.05, 0.1) is 0 Å². The van der Waals surface area contributed by atoms with Crippen LogP contribution in [-0.2, 0) is 9.36 Å². The average Bonchev–Trinajstić information content (AvgIpc) is 2.93. The van der Waals surface area contributed by atoms with Crippen LogP contribution in [0.15, 0.2) is 115 Å². The van der Waals surface area contributed by atoms with Crippen LogP contribution >= 0.6 is 7.14 Å². The minimum atomic E-state index is -3.39. The van der Waals surface area contributed by atoms with Crippen molar-refractivity contribution in [3.63, 3.8) is 0 Å². The van der Waals surface area contributed by atoms with Gasteiger partial charge < -0.3 is 9.46 Å². The van der Waals surface area contributed by atoms with Gasteiger partial charge in [0.2, 0.25) is 5.91 Å². The summed E-state index contributed by atoms with van der Waals surface area (Å²) in [6.07, 6.45) is 1.87. The van der Waals surface area contributed by atoms with Crippen molar-refractivity contribution in [2.45, 2.75) is 31.3 Å². The molecule has 1 amide bonds. The maximum atomic E-state index is 15.5. The van der Waals surface area contributed by atoms with Crippen molar-refractivity contribution < 1.29 is 9.36 Å². The Hall–Kier alpha value is -3.42. The zero-order valence-electron chi connectivity index (χ0n) is 20.0. The molecule has 0 spiro atoms.